The van der Waals surface area contributed by atoms with Crippen LogP contribution >= 0.6 is 0 Å². The Balaban J connectivity index is 1.98. The van der Waals surface area contributed by atoms with Gasteiger partial charge in [0.2, 0.25) is 10.0 Å². The van der Waals surface area contributed by atoms with Crippen molar-refractivity contribution >= 4 is 10.0 Å². The first-order valence-electron chi connectivity index (χ1n) is 9.63. The highest BCUT2D eigenvalue weighted by atomic mass is 32.2. The van der Waals surface area contributed by atoms with Crippen molar-refractivity contribution in [3.05, 3.63) is 82.4 Å². The molecule has 0 aliphatic carbocycles. The molecule has 4 rings (SSSR count). The summed E-state index contributed by atoms with van der Waals surface area (Å²) in [5.41, 5.74) is 2.45. The Morgan fingerprint density at radius 2 is 1.81 bits per heavy atom. The minimum atomic E-state index is -4.51. The van der Waals surface area contributed by atoms with Gasteiger partial charge in [-0.2, -0.15) is 13.2 Å². The van der Waals surface area contributed by atoms with Gasteiger partial charge in [0.15, 0.2) is 0 Å². The lowest BCUT2D eigenvalue weighted by Gasteiger charge is -2.32. The van der Waals surface area contributed by atoms with Crippen LogP contribution in [0.25, 0.3) is 11.1 Å². The van der Waals surface area contributed by atoms with Crippen molar-refractivity contribution in [2.75, 3.05) is 7.11 Å². The number of halogens is 3. The summed E-state index contributed by atoms with van der Waals surface area (Å²) in [5.74, 6) is 0.586. The number of methoxy groups -OCH3 is 1. The number of hydrogen-bond donors (Lipinski definition) is 1. The van der Waals surface area contributed by atoms with Crippen LogP contribution in [0.3, 0.4) is 0 Å². The molecule has 2 N–H and O–H groups in total. The molecule has 1 heterocycles. The third-order valence-corrected chi connectivity index (χ3v) is 6.20. The second-order valence-corrected chi connectivity index (χ2v) is 9.19. The molecule has 168 valence electrons. The number of nitrogens with two attached hydrogens (primary N) is 1. The highest BCUT2D eigenvalue weighted by Gasteiger charge is 2.35. The van der Waals surface area contributed by atoms with Gasteiger partial charge in [-0.15, -0.1) is 0 Å². The molecule has 0 radical (unpaired) electrons. The lowest BCUT2D eigenvalue weighted by Crippen LogP contribution is -2.20. The number of rotatable bonds is 4. The van der Waals surface area contributed by atoms with Gasteiger partial charge >= 0.3 is 6.18 Å². The number of sulfonamides is 1. The Hall–Kier alpha value is -3.04. The van der Waals surface area contributed by atoms with E-state index in [-0.39, 0.29) is 0 Å². The van der Waals surface area contributed by atoms with Crippen LogP contribution in [0, 0.1) is 6.92 Å². The molecule has 0 aromatic heterocycles. The number of primary sulfonamides is 1. The highest BCUT2D eigenvalue weighted by molar-refractivity contribution is 7.88. The molecule has 0 fully saturated rings. The average Bonchev–Trinajstić information content (AvgIpc) is 2.73. The molecule has 1 atom stereocenters. The third-order valence-electron chi connectivity index (χ3n) is 5.48. The molecule has 0 spiro atoms. The van der Waals surface area contributed by atoms with Gasteiger partial charge in [-0.25, -0.2) is 13.6 Å². The molecule has 1 aliphatic rings. The van der Waals surface area contributed by atoms with Crippen molar-refractivity contribution < 1.29 is 31.1 Å². The standard InChI is InChI=1S/C23H20F3NO4S/c1-13-15(12-32(27,28)29)9-10-17-20(13)22(14-5-3-6-16(11-14)23(24,25)26)31-19-8-4-7-18(30-2)21(17)19/h3-11,22H,12H2,1-2H3,(H2,27,28,29). The van der Waals surface area contributed by atoms with Gasteiger partial charge in [-0.05, 0) is 53.4 Å². The summed E-state index contributed by atoms with van der Waals surface area (Å²) in [6.07, 6.45) is -5.40. The Morgan fingerprint density at radius 3 is 2.47 bits per heavy atom. The molecule has 1 aliphatic heterocycles. The van der Waals surface area contributed by atoms with Crippen molar-refractivity contribution in [1.29, 1.82) is 0 Å². The lowest BCUT2D eigenvalue weighted by molar-refractivity contribution is -0.137. The van der Waals surface area contributed by atoms with Crippen LogP contribution in [-0.4, -0.2) is 15.5 Å². The SMILES string of the molecule is COc1cccc2c1-c1ccc(CS(N)(=O)=O)c(C)c1C(c1cccc(C(F)(F)F)c1)O2. The molecule has 9 heteroatoms. The van der Waals surface area contributed by atoms with Crippen molar-refractivity contribution in [3.8, 4) is 22.6 Å². The maximum Gasteiger partial charge on any atom is 0.416 e. The Kier molecular flexibility index (Phi) is 5.42. The Bertz CT molecular complexity index is 1300. The number of fused-ring (bicyclic) bond motifs is 3. The van der Waals surface area contributed by atoms with Gasteiger partial charge in [0.05, 0.1) is 24.0 Å². The summed E-state index contributed by atoms with van der Waals surface area (Å²) >= 11 is 0. The van der Waals surface area contributed by atoms with Gasteiger partial charge in [0, 0.05) is 5.56 Å². The third kappa shape index (κ3) is 4.05. The largest absolute Gasteiger partial charge is 0.496 e. The minimum Gasteiger partial charge on any atom is -0.496 e. The summed E-state index contributed by atoms with van der Waals surface area (Å²) in [4.78, 5) is 0. The van der Waals surface area contributed by atoms with Crippen LogP contribution in [0.1, 0.15) is 33.9 Å². The van der Waals surface area contributed by atoms with Crippen molar-refractivity contribution in [2.24, 2.45) is 5.14 Å². The summed E-state index contributed by atoms with van der Waals surface area (Å²) in [7, 11) is -2.31. The smallest absolute Gasteiger partial charge is 0.416 e. The zero-order valence-corrected chi connectivity index (χ0v) is 18.0. The number of ether oxygens (including phenoxy) is 2. The van der Waals surface area contributed by atoms with Crippen molar-refractivity contribution in [3.63, 3.8) is 0 Å². The van der Waals surface area contributed by atoms with E-state index in [0.717, 1.165) is 12.1 Å². The molecule has 0 saturated carbocycles. The van der Waals surface area contributed by atoms with Crippen molar-refractivity contribution in [1.82, 2.24) is 0 Å². The second-order valence-electron chi connectivity index (χ2n) is 7.57. The van der Waals surface area contributed by atoms with Crippen LogP contribution in [-0.2, 0) is 22.0 Å². The Morgan fingerprint density at radius 1 is 1.09 bits per heavy atom. The number of benzene rings is 3. The molecule has 32 heavy (non-hydrogen) atoms. The first-order chi connectivity index (χ1) is 15.0. The predicted molar refractivity (Wildman–Crippen MR) is 114 cm³/mol. The van der Waals surface area contributed by atoms with E-state index in [1.807, 2.05) is 0 Å². The molecule has 0 amide bonds. The number of hydrogen-bond acceptors (Lipinski definition) is 4. The molecule has 3 aromatic carbocycles. The molecule has 3 aromatic rings. The fourth-order valence-corrected chi connectivity index (χ4v) is 4.79. The summed E-state index contributed by atoms with van der Waals surface area (Å²) in [5, 5.41) is 5.24. The first-order valence-corrected chi connectivity index (χ1v) is 11.3. The number of alkyl halides is 3. The molecule has 5 nitrogen and oxygen atoms in total. The van der Waals surface area contributed by atoms with E-state index in [2.05, 4.69) is 0 Å². The van der Waals surface area contributed by atoms with Crippen LogP contribution in [0.2, 0.25) is 0 Å². The van der Waals surface area contributed by atoms with E-state index >= 15 is 0 Å². The highest BCUT2D eigenvalue weighted by Crippen LogP contribution is 2.50. The maximum absolute atomic E-state index is 13.4. The zero-order valence-electron chi connectivity index (χ0n) is 17.2. The van der Waals surface area contributed by atoms with Gasteiger partial charge in [-0.1, -0.05) is 30.3 Å². The van der Waals surface area contributed by atoms with Crippen LogP contribution in [0.4, 0.5) is 13.2 Å². The van der Waals surface area contributed by atoms with Crippen LogP contribution < -0.4 is 14.6 Å². The summed E-state index contributed by atoms with van der Waals surface area (Å²) in [6, 6.07) is 13.5. The molecule has 0 bridgehead atoms. The van der Waals surface area contributed by atoms with E-state index < -0.39 is 33.6 Å². The molecular weight excluding hydrogens is 443 g/mol. The van der Waals surface area contributed by atoms with Crippen LogP contribution in [0.15, 0.2) is 54.6 Å². The van der Waals surface area contributed by atoms with Crippen LogP contribution in [0.5, 0.6) is 11.5 Å². The predicted octanol–water partition coefficient (Wildman–Crippen LogP) is 4.96. The Labute approximate surface area is 183 Å². The van der Waals surface area contributed by atoms with E-state index in [1.54, 1.807) is 43.3 Å². The lowest BCUT2D eigenvalue weighted by atomic mass is 9.84. The summed E-state index contributed by atoms with van der Waals surface area (Å²) < 4.78 is 75.2. The van der Waals surface area contributed by atoms with E-state index in [4.69, 9.17) is 14.6 Å². The zero-order chi connectivity index (χ0) is 23.3. The van der Waals surface area contributed by atoms with E-state index in [9.17, 15) is 21.6 Å². The first kappa shape index (κ1) is 22.2. The second kappa shape index (κ2) is 7.83. The van der Waals surface area contributed by atoms with E-state index in [1.165, 1.54) is 13.2 Å². The molecule has 0 saturated heterocycles. The average molecular weight is 463 g/mol. The quantitative estimate of drug-likeness (QED) is 0.593. The molecule has 1 unspecified atom stereocenters. The fraction of sp³-hybridized carbons (Fsp3) is 0.217. The van der Waals surface area contributed by atoms with Gasteiger partial charge < -0.3 is 9.47 Å². The van der Waals surface area contributed by atoms with Crippen molar-refractivity contribution in [2.45, 2.75) is 25.0 Å². The van der Waals surface area contributed by atoms with E-state index in [0.29, 0.717) is 44.9 Å². The maximum atomic E-state index is 13.4. The summed E-state index contributed by atoms with van der Waals surface area (Å²) in [6.45, 7) is 1.71. The fourth-order valence-electron chi connectivity index (χ4n) is 4.05. The van der Waals surface area contributed by atoms with Gasteiger partial charge in [0.1, 0.15) is 17.6 Å². The molecular formula is C23H20F3NO4S. The van der Waals surface area contributed by atoms with Gasteiger partial charge in [0.25, 0.3) is 0 Å². The normalized spacial score (nSPS) is 15.5. The van der Waals surface area contributed by atoms with Gasteiger partial charge in [-0.3, -0.25) is 0 Å². The monoisotopic (exact) mass is 463 g/mol. The topological polar surface area (TPSA) is 78.6 Å². The minimum absolute atomic E-state index is 0.297.